The molecule has 0 aromatic heterocycles. The van der Waals surface area contributed by atoms with Crippen molar-refractivity contribution in [1.29, 1.82) is 0 Å². The summed E-state index contributed by atoms with van der Waals surface area (Å²) in [5.74, 6) is -27.1. The van der Waals surface area contributed by atoms with Crippen LogP contribution in [-0.2, 0) is 14.2 Å². The zero-order valence-corrected chi connectivity index (χ0v) is 12.0. The highest BCUT2D eigenvalue weighted by Crippen LogP contribution is 2.71. The zero-order valence-electron chi connectivity index (χ0n) is 10.5. The van der Waals surface area contributed by atoms with Gasteiger partial charge in [-0.25, -0.2) is 0 Å². The lowest BCUT2D eigenvalue weighted by Gasteiger charge is -2.52. The molecule has 0 N–H and O–H groups in total. The van der Waals surface area contributed by atoms with Crippen LogP contribution in [0.2, 0.25) is 0 Å². The third-order valence-corrected chi connectivity index (χ3v) is 3.85. The highest BCUT2D eigenvalue weighted by Gasteiger charge is 3.00. The van der Waals surface area contributed by atoms with Crippen molar-refractivity contribution in [2.24, 2.45) is 0 Å². The second-order valence-electron chi connectivity index (χ2n) is 4.71. The van der Waals surface area contributed by atoms with Crippen molar-refractivity contribution in [3.8, 4) is 0 Å². The van der Waals surface area contributed by atoms with E-state index >= 15 is 0 Å². The molecule has 0 amide bonds. The summed E-state index contributed by atoms with van der Waals surface area (Å²) >= 11 is 8.75. The molecule has 0 saturated carbocycles. The molecule has 2 rings (SSSR count). The first-order valence-corrected chi connectivity index (χ1v) is 6.13. The predicted molar refractivity (Wildman–Crippen MR) is 50.1 cm³/mol. The molecule has 148 valence electrons. The summed E-state index contributed by atoms with van der Waals surface area (Å²) in [4.78, 5) is 0. The van der Waals surface area contributed by atoms with Gasteiger partial charge in [0.2, 0.25) is 0 Å². The molecule has 3 nitrogen and oxygen atoms in total. The topological polar surface area (TPSA) is 27.7 Å². The smallest absolute Gasteiger partial charge is 0.284 e. The molecule has 2 fully saturated rings. The minimum Gasteiger partial charge on any atom is -0.284 e. The predicted octanol–water partition coefficient (Wildman–Crippen LogP) is 4.58. The van der Waals surface area contributed by atoms with Crippen LogP contribution in [0.25, 0.3) is 0 Å². The Labute approximate surface area is 137 Å². The molecule has 0 aromatic carbocycles. The minimum atomic E-state index is -7.11. The Morgan fingerprint density at radius 2 is 0.960 bits per heavy atom. The van der Waals surface area contributed by atoms with E-state index in [2.05, 4.69) is 37.4 Å². The van der Waals surface area contributed by atoms with Crippen molar-refractivity contribution in [2.45, 2.75) is 46.4 Å². The minimum absolute atomic E-state index is 2.15. The summed E-state index contributed by atoms with van der Waals surface area (Å²) in [6.07, 6.45) is -13.9. The van der Waals surface area contributed by atoms with Gasteiger partial charge in [-0.2, -0.15) is 52.7 Å². The summed E-state index contributed by atoms with van der Waals surface area (Å²) in [5, 5.41) is -10.3. The molecule has 17 heteroatoms. The van der Waals surface area contributed by atoms with Crippen LogP contribution in [0, 0.1) is 0 Å². The first-order chi connectivity index (χ1) is 10.6. The normalized spacial score (nSPS) is 48.7. The third-order valence-electron chi connectivity index (χ3n) is 3.11. The molecule has 2 aliphatic heterocycles. The number of alkyl halides is 14. The van der Waals surface area contributed by atoms with E-state index < -0.39 is 46.4 Å². The number of rotatable bonds is 0. The van der Waals surface area contributed by atoms with Gasteiger partial charge in [-0.3, -0.25) is 14.2 Å². The highest BCUT2D eigenvalue weighted by molar-refractivity contribution is 6.32. The maximum atomic E-state index is 14.1. The molecule has 0 radical (unpaired) electrons. The van der Waals surface area contributed by atoms with E-state index in [1.165, 1.54) is 0 Å². The Kier molecular flexibility index (Phi) is 3.95. The van der Waals surface area contributed by atoms with Gasteiger partial charge in [-0.15, -0.1) is 0 Å². The molecule has 1 spiro atoms. The zero-order chi connectivity index (χ0) is 20.1. The first-order valence-electron chi connectivity index (χ1n) is 5.37. The van der Waals surface area contributed by atoms with Gasteiger partial charge in [-0.1, -0.05) is 0 Å². The van der Waals surface area contributed by atoms with Crippen LogP contribution in [0.15, 0.2) is 0 Å². The third kappa shape index (κ3) is 2.15. The van der Waals surface area contributed by atoms with Gasteiger partial charge in [-0.05, 0) is 23.2 Å². The van der Waals surface area contributed by atoms with Crippen molar-refractivity contribution in [2.75, 3.05) is 0 Å². The van der Waals surface area contributed by atoms with Gasteiger partial charge in [0.15, 0.2) is 0 Å². The number of halogens is 14. The summed E-state index contributed by atoms with van der Waals surface area (Å²) in [6, 6.07) is 0. The fourth-order valence-electron chi connectivity index (χ4n) is 1.90. The summed E-state index contributed by atoms with van der Waals surface area (Å²) in [7, 11) is 0. The van der Waals surface area contributed by atoms with E-state index in [0.29, 0.717) is 0 Å². The van der Waals surface area contributed by atoms with E-state index in [1.807, 2.05) is 0 Å². The van der Waals surface area contributed by atoms with E-state index in [-0.39, 0.29) is 0 Å². The molecule has 0 aliphatic carbocycles. The molecule has 2 aliphatic rings. The van der Waals surface area contributed by atoms with Crippen LogP contribution < -0.4 is 0 Å². The van der Waals surface area contributed by atoms with E-state index in [0.717, 1.165) is 0 Å². The van der Waals surface area contributed by atoms with E-state index in [1.54, 1.807) is 0 Å². The molecule has 2 heterocycles. The van der Waals surface area contributed by atoms with Gasteiger partial charge < -0.3 is 0 Å². The van der Waals surface area contributed by atoms with Crippen molar-refractivity contribution < 1.29 is 66.9 Å². The number of hydrogen-bond acceptors (Lipinski definition) is 3. The number of hydrogen-bond donors (Lipinski definition) is 0. The van der Waals surface area contributed by atoms with Gasteiger partial charge in [0.1, 0.15) is 0 Å². The first kappa shape index (κ1) is 20.9. The van der Waals surface area contributed by atoms with E-state index in [9.17, 15) is 52.7 Å². The Morgan fingerprint density at radius 1 is 0.600 bits per heavy atom. The Morgan fingerprint density at radius 3 is 1.28 bits per heavy atom. The van der Waals surface area contributed by atoms with Crippen LogP contribution in [0.5, 0.6) is 0 Å². The fraction of sp³-hybridized carbons (Fsp3) is 1.00. The second-order valence-corrected chi connectivity index (χ2v) is 5.69. The maximum Gasteiger partial charge on any atom is 0.454 e. The molecule has 3 atom stereocenters. The van der Waals surface area contributed by atoms with Gasteiger partial charge in [0.25, 0.3) is 0 Å². The largest absolute Gasteiger partial charge is 0.454 e. The lowest BCUT2D eigenvalue weighted by Crippen LogP contribution is -2.83. The van der Waals surface area contributed by atoms with Crippen LogP contribution in [-0.4, -0.2) is 46.4 Å². The molecule has 0 aromatic rings. The molecule has 2 saturated heterocycles. The second kappa shape index (κ2) is 4.72. The standard InChI is InChI=1S/C8Cl2F12O3/c9-5(16)6(10,17)25-4(24-5)1(11,12)2(13,14)8(21,22)23-3(4,15)7(18,19)20. The molecular weight excluding hydrogens is 443 g/mol. The van der Waals surface area contributed by atoms with Crippen molar-refractivity contribution >= 4 is 23.2 Å². The van der Waals surface area contributed by atoms with Crippen molar-refractivity contribution in [1.82, 2.24) is 0 Å². The molecule has 3 unspecified atom stereocenters. The summed E-state index contributed by atoms with van der Waals surface area (Å²) in [5.41, 5.74) is 0. The molecule has 25 heavy (non-hydrogen) atoms. The molecule has 0 bridgehead atoms. The molecular formula is C8Cl2F12O3. The summed E-state index contributed by atoms with van der Waals surface area (Å²) < 4.78 is 167. The lowest BCUT2D eigenvalue weighted by molar-refractivity contribution is -0.591. The average Bonchev–Trinajstić information content (AvgIpc) is 2.52. The maximum absolute atomic E-state index is 14.1. The average molecular weight is 443 g/mol. The van der Waals surface area contributed by atoms with Crippen molar-refractivity contribution in [3.05, 3.63) is 0 Å². The Balaban J connectivity index is 2.86. The van der Waals surface area contributed by atoms with Crippen LogP contribution in [0.3, 0.4) is 0 Å². The van der Waals surface area contributed by atoms with Crippen LogP contribution in [0.4, 0.5) is 52.7 Å². The highest BCUT2D eigenvalue weighted by atomic mass is 35.5. The Hall–Kier alpha value is -0.380. The number of ether oxygens (including phenoxy) is 3. The van der Waals surface area contributed by atoms with E-state index in [4.69, 9.17) is 0 Å². The van der Waals surface area contributed by atoms with Crippen LogP contribution in [0.1, 0.15) is 0 Å². The van der Waals surface area contributed by atoms with Gasteiger partial charge in [0, 0.05) is 0 Å². The monoisotopic (exact) mass is 442 g/mol. The SMILES string of the molecule is FC(F)(F)C1(F)OC(F)(F)C(F)(F)C(F)(F)C12OC(F)(Cl)C(F)(Cl)O2. The van der Waals surface area contributed by atoms with Gasteiger partial charge >= 0.3 is 46.4 Å². The lowest BCUT2D eigenvalue weighted by atomic mass is 9.89. The quantitative estimate of drug-likeness (QED) is 0.406. The van der Waals surface area contributed by atoms with Crippen LogP contribution >= 0.6 is 23.2 Å². The Bertz CT molecular complexity index is 573. The van der Waals surface area contributed by atoms with Crippen molar-refractivity contribution in [3.63, 3.8) is 0 Å². The summed E-state index contributed by atoms with van der Waals surface area (Å²) in [6.45, 7) is 0. The fourth-order valence-corrected chi connectivity index (χ4v) is 2.20. The van der Waals surface area contributed by atoms with Gasteiger partial charge in [0.05, 0.1) is 0 Å².